The van der Waals surface area contributed by atoms with Crippen molar-refractivity contribution in [3.05, 3.63) is 47.7 Å². The predicted octanol–water partition coefficient (Wildman–Crippen LogP) is 1.90. The number of ether oxygens (including phenoxy) is 1. The molecular weight excluding hydrogens is 320 g/mol. The van der Waals surface area contributed by atoms with E-state index in [0.29, 0.717) is 24.0 Å². The van der Waals surface area contributed by atoms with Gasteiger partial charge in [0.25, 0.3) is 0 Å². The molecule has 1 aliphatic rings. The van der Waals surface area contributed by atoms with Crippen LogP contribution in [0, 0.1) is 0 Å². The van der Waals surface area contributed by atoms with Crippen LogP contribution < -0.4 is 9.64 Å². The number of carboxylic acids is 1. The molecule has 0 atom stereocenters. The van der Waals surface area contributed by atoms with Gasteiger partial charge in [0.2, 0.25) is 11.8 Å². The quantitative estimate of drug-likeness (QED) is 0.859. The molecule has 0 amide bonds. The predicted molar refractivity (Wildman–Crippen MR) is 94.1 cm³/mol. The zero-order chi connectivity index (χ0) is 17.6. The second-order valence-corrected chi connectivity index (χ2v) is 5.90. The lowest BCUT2D eigenvalue weighted by Crippen LogP contribution is -2.46. The van der Waals surface area contributed by atoms with Gasteiger partial charge in [-0.05, 0) is 24.6 Å². The third-order valence-corrected chi connectivity index (χ3v) is 4.14. The monoisotopic (exact) mass is 342 g/mol. The van der Waals surface area contributed by atoms with Crippen molar-refractivity contribution in [2.45, 2.75) is 13.5 Å². The molecule has 2 heterocycles. The number of benzene rings is 1. The first-order valence-electron chi connectivity index (χ1n) is 8.41. The minimum Gasteiger partial charge on any atom is -0.478 e. The number of carboxylic acid groups (broad SMARTS) is 1. The fourth-order valence-corrected chi connectivity index (χ4v) is 2.88. The summed E-state index contributed by atoms with van der Waals surface area (Å²) in [6, 6.07) is 8.88. The van der Waals surface area contributed by atoms with Crippen molar-refractivity contribution in [2.24, 2.45) is 0 Å². The van der Waals surface area contributed by atoms with Gasteiger partial charge in [0.05, 0.1) is 12.2 Å². The van der Waals surface area contributed by atoms with Crippen LogP contribution in [0.2, 0.25) is 0 Å². The van der Waals surface area contributed by atoms with Crippen molar-refractivity contribution in [1.29, 1.82) is 0 Å². The van der Waals surface area contributed by atoms with Gasteiger partial charge in [-0.15, -0.1) is 0 Å². The summed E-state index contributed by atoms with van der Waals surface area (Å²) in [5, 5.41) is 9.09. The molecule has 1 aromatic heterocycles. The van der Waals surface area contributed by atoms with E-state index in [9.17, 15) is 4.79 Å². The van der Waals surface area contributed by atoms with E-state index in [1.807, 2.05) is 13.0 Å². The zero-order valence-corrected chi connectivity index (χ0v) is 14.3. The molecule has 132 valence electrons. The Morgan fingerprint density at radius 2 is 2.04 bits per heavy atom. The van der Waals surface area contributed by atoms with Gasteiger partial charge in [0.15, 0.2) is 0 Å². The molecule has 2 aromatic rings. The van der Waals surface area contributed by atoms with Crippen molar-refractivity contribution >= 4 is 11.9 Å². The molecule has 0 aliphatic carbocycles. The molecule has 1 saturated heterocycles. The van der Waals surface area contributed by atoms with E-state index in [1.54, 1.807) is 30.5 Å². The summed E-state index contributed by atoms with van der Waals surface area (Å²) in [4.78, 5) is 24.3. The van der Waals surface area contributed by atoms with Crippen LogP contribution in [0.25, 0.3) is 0 Å². The number of carbonyl (C=O) groups is 1. The number of rotatable bonds is 6. The van der Waals surface area contributed by atoms with E-state index in [2.05, 4.69) is 19.8 Å². The largest absolute Gasteiger partial charge is 0.478 e. The Morgan fingerprint density at radius 3 is 2.76 bits per heavy atom. The van der Waals surface area contributed by atoms with Crippen LogP contribution in [0.3, 0.4) is 0 Å². The van der Waals surface area contributed by atoms with Gasteiger partial charge >= 0.3 is 5.97 Å². The Balaban J connectivity index is 1.58. The number of nitrogens with zero attached hydrogens (tertiary/aromatic N) is 4. The number of hydrogen-bond acceptors (Lipinski definition) is 6. The highest BCUT2D eigenvalue weighted by atomic mass is 16.5. The maximum absolute atomic E-state index is 11.1. The minimum absolute atomic E-state index is 0.331. The van der Waals surface area contributed by atoms with Gasteiger partial charge in [-0.1, -0.05) is 12.1 Å². The highest BCUT2D eigenvalue weighted by Gasteiger charge is 2.19. The molecule has 0 saturated carbocycles. The average molecular weight is 342 g/mol. The lowest BCUT2D eigenvalue weighted by Gasteiger charge is -2.34. The molecule has 25 heavy (non-hydrogen) atoms. The fraction of sp³-hybridized carbons (Fsp3) is 0.389. The molecule has 0 radical (unpaired) electrons. The third kappa shape index (κ3) is 4.45. The van der Waals surface area contributed by atoms with Crippen LogP contribution in [0.15, 0.2) is 36.5 Å². The standard InChI is InChI=1S/C18H22N4O3/c1-2-25-16-6-7-19-18(20-16)22-10-8-21(9-11-22)13-14-4-3-5-15(12-14)17(23)24/h3-7,12H,2,8-11,13H2,1H3,(H,23,24). The van der Waals surface area contributed by atoms with Gasteiger partial charge in [-0.25, -0.2) is 9.78 Å². The molecule has 7 nitrogen and oxygen atoms in total. The molecule has 1 fully saturated rings. The van der Waals surface area contributed by atoms with E-state index in [4.69, 9.17) is 9.84 Å². The molecule has 1 N–H and O–H groups in total. The summed E-state index contributed by atoms with van der Waals surface area (Å²) in [6.45, 7) is 6.66. The summed E-state index contributed by atoms with van der Waals surface area (Å²) < 4.78 is 5.43. The number of anilines is 1. The normalized spacial score (nSPS) is 15.2. The molecule has 1 aliphatic heterocycles. The molecule has 7 heteroatoms. The van der Waals surface area contributed by atoms with Gasteiger partial charge in [0, 0.05) is 45.0 Å². The van der Waals surface area contributed by atoms with E-state index in [0.717, 1.165) is 38.3 Å². The topological polar surface area (TPSA) is 78.8 Å². The second-order valence-electron chi connectivity index (χ2n) is 5.90. The van der Waals surface area contributed by atoms with Gasteiger partial charge in [-0.3, -0.25) is 4.90 Å². The second kappa shape index (κ2) is 7.94. The van der Waals surface area contributed by atoms with Gasteiger partial charge < -0.3 is 14.7 Å². The van der Waals surface area contributed by atoms with Crippen molar-refractivity contribution in [2.75, 3.05) is 37.7 Å². The Morgan fingerprint density at radius 1 is 1.24 bits per heavy atom. The smallest absolute Gasteiger partial charge is 0.335 e. The Labute approximate surface area is 146 Å². The molecule has 0 spiro atoms. The molecule has 0 bridgehead atoms. The van der Waals surface area contributed by atoms with Crippen LogP contribution in [-0.2, 0) is 6.54 Å². The molecule has 1 aromatic carbocycles. The zero-order valence-electron chi connectivity index (χ0n) is 14.3. The summed E-state index contributed by atoms with van der Waals surface area (Å²) >= 11 is 0. The van der Waals surface area contributed by atoms with Crippen LogP contribution in [0.1, 0.15) is 22.8 Å². The summed E-state index contributed by atoms with van der Waals surface area (Å²) in [5.74, 6) is 0.400. The maximum Gasteiger partial charge on any atom is 0.335 e. The number of hydrogen-bond donors (Lipinski definition) is 1. The lowest BCUT2D eigenvalue weighted by atomic mass is 10.1. The summed E-state index contributed by atoms with van der Waals surface area (Å²) in [5.41, 5.74) is 1.35. The lowest BCUT2D eigenvalue weighted by molar-refractivity contribution is 0.0696. The van der Waals surface area contributed by atoms with E-state index < -0.39 is 5.97 Å². The Hall–Kier alpha value is -2.67. The van der Waals surface area contributed by atoms with Gasteiger partial charge in [0.1, 0.15) is 0 Å². The fourth-order valence-electron chi connectivity index (χ4n) is 2.88. The van der Waals surface area contributed by atoms with E-state index >= 15 is 0 Å². The highest BCUT2D eigenvalue weighted by molar-refractivity contribution is 5.87. The number of aromatic carboxylic acids is 1. The number of piperazine rings is 1. The van der Waals surface area contributed by atoms with Crippen LogP contribution in [-0.4, -0.2) is 58.7 Å². The maximum atomic E-state index is 11.1. The molecular formula is C18H22N4O3. The molecule has 3 rings (SSSR count). The van der Waals surface area contributed by atoms with E-state index in [1.165, 1.54) is 0 Å². The van der Waals surface area contributed by atoms with Crippen molar-refractivity contribution in [3.63, 3.8) is 0 Å². The highest BCUT2D eigenvalue weighted by Crippen LogP contribution is 2.16. The minimum atomic E-state index is -0.891. The number of aromatic nitrogens is 2. The average Bonchev–Trinajstić information content (AvgIpc) is 2.63. The molecule has 0 unspecified atom stereocenters. The third-order valence-electron chi connectivity index (χ3n) is 4.14. The van der Waals surface area contributed by atoms with Crippen LogP contribution in [0.4, 0.5) is 5.95 Å². The Bertz CT molecular complexity index is 730. The first-order chi connectivity index (χ1) is 12.2. The van der Waals surface area contributed by atoms with Crippen molar-refractivity contribution < 1.29 is 14.6 Å². The summed E-state index contributed by atoms with van der Waals surface area (Å²) in [7, 11) is 0. The first kappa shape index (κ1) is 17.2. The SMILES string of the molecule is CCOc1ccnc(N2CCN(Cc3cccc(C(=O)O)c3)CC2)n1. The van der Waals surface area contributed by atoms with Crippen molar-refractivity contribution in [3.8, 4) is 5.88 Å². The van der Waals surface area contributed by atoms with Crippen molar-refractivity contribution in [1.82, 2.24) is 14.9 Å². The van der Waals surface area contributed by atoms with Crippen LogP contribution >= 0.6 is 0 Å². The van der Waals surface area contributed by atoms with Crippen LogP contribution in [0.5, 0.6) is 5.88 Å². The summed E-state index contributed by atoms with van der Waals surface area (Å²) in [6.07, 6.45) is 1.72. The van der Waals surface area contributed by atoms with Gasteiger partial charge in [-0.2, -0.15) is 4.98 Å². The Kier molecular flexibility index (Phi) is 5.45. The first-order valence-corrected chi connectivity index (χ1v) is 8.41. The van der Waals surface area contributed by atoms with E-state index in [-0.39, 0.29) is 0 Å².